The molecule has 1 aromatic carbocycles. The van der Waals surface area contributed by atoms with Crippen LogP contribution in [0.3, 0.4) is 0 Å². The number of allylic oxidation sites excluding steroid dienone is 1. The van der Waals surface area contributed by atoms with Gasteiger partial charge in [0.1, 0.15) is 5.82 Å². The first-order chi connectivity index (χ1) is 14.7. The van der Waals surface area contributed by atoms with Crippen LogP contribution in [-0.4, -0.2) is 40.5 Å². The molecule has 0 saturated heterocycles. The fourth-order valence-corrected chi connectivity index (χ4v) is 4.20. The SMILES string of the molecule is O=C(NCc1nc2ccccc2[nH]1)C1=C[C@H](c2cccs2)C[C@H](OCCCCO)O1. The van der Waals surface area contributed by atoms with E-state index in [1.165, 1.54) is 4.88 Å². The standard InChI is InChI=1S/C22H25N3O4S/c26-9-3-4-10-28-21-13-15(19-8-5-11-30-19)12-18(29-21)22(27)23-14-20-24-16-6-1-2-7-17(16)25-20/h1-2,5-8,11-12,15,21,26H,3-4,9-10,13-14H2,(H,23,27)(H,24,25)/t15-,21+/m0/s1. The average molecular weight is 428 g/mol. The molecule has 8 heteroatoms. The van der Waals surface area contributed by atoms with E-state index in [0.717, 1.165) is 17.5 Å². The lowest BCUT2D eigenvalue weighted by Crippen LogP contribution is -2.33. The van der Waals surface area contributed by atoms with E-state index in [0.29, 0.717) is 25.3 Å². The number of ether oxygens (including phenoxy) is 2. The van der Waals surface area contributed by atoms with Crippen molar-refractivity contribution in [3.8, 4) is 0 Å². The van der Waals surface area contributed by atoms with Gasteiger partial charge in [0.05, 0.1) is 24.2 Å². The monoisotopic (exact) mass is 427 g/mol. The van der Waals surface area contributed by atoms with Crippen LogP contribution in [0, 0.1) is 0 Å². The van der Waals surface area contributed by atoms with Crippen molar-refractivity contribution >= 4 is 28.3 Å². The first-order valence-corrected chi connectivity index (χ1v) is 11.0. The number of aromatic amines is 1. The molecule has 2 aromatic heterocycles. The number of carbonyl (C=O) groups is 1. The highest BCUT2D eigenvalue weighted by Crippen LogP contribution is 2.33. The molecule has 1 amide bonds. The highest BCUT2D eigenvalue weighted by molar-refractivity contribution is 7.10. The van der Waals surface area contributed by atoms with Crippen LogP contribution in [0.15, 0.2) is 53.6 Å². The number of H-pyrrole nitrogens is 1. The molecule has 3 heterocycles. The van der Waals surface area contributed by atoms with Crippen molar-refractivity contribution in [2.75, 3.05) is 13.2 Å². The van der Waals surface area contributed by atoms with E-state index in [2.05, 4.69) is 21.4 Å². The van der Waals surface area contributed by atoms with E-state index in [1.54, 1.807) is 11.3 Å². The highest BCUT2D eigenvalue weighted by atomic mass is 32.1. The Morgan fingerprint density at radius 2 is 2.20 bits per heavy atom. The van der Waals surface area contributed by atoms with E-state index in [4.69, 9.17) is 14.6 Å². The predicted octanol–water partition coefficient (Wildman–Crippen LogP) is 3.44. The number of fused-ring (bicyclic) bond motifs is 1. The average Bonchev–Trinajstić information content (AvgIpc) is 3.44. The second-order valence-corrected chi connectivity index (χ2v) is 8.10. The molecule has 1 aliphatic rings. The second kappa shape index (κ2) is 9.88. The van der Waals surface area contributed by atoms with Gasteiger partial charge in [-0.15, -0.1) is 11.3 Å². The van der Waals surface area contributed by atoms with Gasteiger partial charge in [0.15, 0.2) is 5.76 Å². The number of aliphatic hydroxyl groups excluding tert-OH is 1. The Bertz CT molecular complexity index is 966. The zero-order chi connectivity index (χ0) is 20.8. The van der Waals surface area contributed by atoms with Crippen molar-refractivity contribution in [1.82, 2.24) is 15.3 Å². The molecular formula is C22H25N3O4S. The molecule has 0 saturated carbocycles. The smallest absolute Gasteiger partial charge is 0.286 e. The Morgan fingerprint density at radius 3 is 3.00 bits per heavy atom. The van der Waals surface area contributed by atoms with Gasteiger partial charge in [-0.05, 0) is 42.5 Å². The Balaban J connectivity index is 1.41. The molecule has 30 heavy (non-hydrogen) atoms. The summed E-state index contributed by atoms with van der Waals surface area (Å²) in [5.41, 5.74) is 1.80. The van der Waals surface area contributed by atoms with Gasteiger partial charge in [0, 0.05) is 23.8 Å². The summed E-state index contributed by atoms with van der Waals surface area (Å²) < 4.78 is 11.7. The zero-order valence-electron chi connectivity index (χ0n) is 16.5. The Morgan fingerprint density at radius 1 is 1.30 bits per heavy atom. The number of hydrogen-bond donors (Lipinski definition) is 3. The fourth-order valence-electron chi connectivity index (χ4n) is 3.39. The molecule has 3 aromatic rings. The molecule has 2 atom stereocenters. The van der Waals surface area contributed by atoms with Crippen LogP contribution in [-0.2, 0) is 20.8 Å². The van der Waals surface area contributed by atoms with Gasteiger partial charge < -0.3 is 24.9 Å². The molecule has 0 radical (unpaired) electrons. The normalized spacial score (nSPS) is 18.8. The molecule has 0 aliphatic carbocycles. The number of carbonyl (C=O) groups excluding carboxylic acids is 1. The molecule has 1 aliphatic heterocycles. The first-order valence-electron chi connectivity index (χ1n) is 10.1. The Hall–Kier alpha value is -2.68. The third-order valence-electron chi connectivity index (χ3n) is 4.90. The van der Waals surface area contributed by atoms with E-state index in [-0.39, 0.29) is 30.7 Å². The van der Waals surface area contributed by atoms with Gasteiger partial charge in [-0.1, -0.05) is 18.2 Å². The predicted molar refractivity (Wildman–Crippen MR) is 115 cm³/mol. The maximum atomic E-state index is 12.8. The highest BCUT2D eigenvalue weighted by Gasteiger charge is 2.29. The summed E-state index contributed by atoms with van der Waals surface area (Å²) in [5, 5.41) is 13.8. The molecule has 7 nitrogen and oxygen atoms in total. The minimum Gasteiger partial charge on any atom is -0.459 e. The number of para-hydroxylation sites is 2. The van der Waals surface area contributed by atoms with Crippen LogP contribution in [0.4, 0.5) is 0 Å². The minimum absolute atomic E-state index is 0.0635. The summed E-state index contributed by atoms with van der Waals surface area (Å²) in [5.74, 6) is 0.727. The number of aliphatic hydroxyl groups is 1. The second-order valence-electron chi connectivity index (χ2n) is 7.12. The van der Waals surface area contributed by atoms with Gasteiger partial charge in [0.25, 0.3) is 5.91 Å². The number of amides is 1. The minimum atomic E-state index is -0.493. The lowest BCUT2D eigenvalue weighted by atomic mass is 9.99. The van der Waals surface area contributed by atoms with Crippen molar-refractivity contribution < 1.29 is 19.4 Å². The van der Waals surface area contributed by atoms with Gasteiger partial charge in [-0.2, -0.15) is 0 Å². The number of rotatable bonds is 9. The summed E-state index contributed by atoms with van der Waals surface area (Å²) in [4.78, 5) is 21.7. The van der Waals surface area contributed by atoms with Crippen LogP contribution < -0.4 is 5.32 Å². The number of imidazole rings is 1. The fraction of sp³-hybridized carbons (Fsp3) is 0.364. The van der Waals surface area contributed by atoms with Gasteiger partial charge in [-0.25, -0.2) is 4.98 Å². The Labute approximate surface area is 178 Å². The molecule has 0 bridgehead atoms. The lowest BCUT2D eigenvalue weighted by molar-refractivity contribution is -0.146. The van der Waals surface area contributed by atoms with Crippen LogP contribution >= 0.6 is 11.3 Å². The van der Waals surface area contributed by atoms with Crippen molar-refractivity contribution in [3.63, 3.8) is 0 Å². The summed E-state index contributed by atoms with van der Waals surface area (Å²) >= 11 is 1.65. The van der Waals surface area contributed by atoms with Crippen molar-refractivity contribution in [3.05, 3.63) is 64.3 Å². The number of nitrogens with zero attached hydrogens (tertiary/aromatic N) is 1. The number of thiophene rings is 1. The maximum absolute atomic E-state index is 12.8. The summed E-state index contributed by atoms with van der Waals surface area (Å²) in [6.45, 7) is 0.901. The largest absolute Gasteiger partial charge is 0.459 e. The number of aromatic nitrogens is 2. The van der Waals surface area contributed by atoms with E-state index < -0.39 is 6.29 Å². The maximum Gasteiger partial charge on any atom is 0.286 e. The molecule has 3 N–H and O–H groups in total. The third-order valence-corrected chi connectivity index (χ3v) is 5.91. The number of unbranched alkanes of at least 4 members (excludes halogenated alkanes) is 1. The molecule has 158 valence electrons. The molecule has 0 fully saturated rings. The molecular weight excluding hydrogens is 402 g/mol. The molecule has 0 spiro atoms. The summed E-state index contributed by atoms with van der Waals surface area (Å²) in [6, 6.07) is 11.8. The topological polar surface area (TPSA) is 96.5 Å². The Kier molecular flexibility index (Phi) is 6.78. The van der Waals surface area contributed by atoms with Crippen molar-refractivity contribution in [1.29, 1.82) is 0 Å². The van der Waals surface area contributed by atoms with Crippen LogP contribution in [0.2, 0.25) is 0 Å². The third kappa shape index (κ3) is 5.08. The van der Waals surface area contributed by atoms with Crippen molar-refractivity contribution in [2.45, 2.75) is 38.0 Å². The first kappa shape index (κ1) is 20.6. The molecule has 4 rings (SSSR count). The summed E-state index contributed by atoms with van der Waals surface area (Å²) in [7, 11) is 0. The van der Waals surface area contributed by atoms with Crippen LogP contribution in [0.25, 0.3) is 11.0 Å². The lowest BCUT2D eigenvalue weighted by Gasteiger charge is -2.28. The van der Waals surface area contributed by atoms with Crippen molar-refractivity contribution in [2.24, 2.45) is 0 Å². The number of nitrogens with one attached hydrogen (secondary N) is 2. The number of benzene rings is 1. The van der Waals surface area contributed by atoms with E-state index in [1.807, 2.05) is 41.8 Å². The van der Waals surface area contributed by atoms with Crippen LogP contribution in [0.5, 0.6) is 0 Å². The van der Waals surface area contributed by atoms with Gasteiger partial charge >= 0.3 is 0 Å². The van der Waals surface area contributed by atoms with Crippen LogP contribution in [0.1, 0.15) is 35.9 Å². The summed E-state index contributed by atoms with van der Waals surface area (Å²) in [6.07, 6.45) is 3.46. The number of hydrogen-bond acceptors (Lipinski definition) is 6. The quantitative estimate of drug-likeness (QED) is 0.455. The van der Waals surface area contributed by atoms with E-state index >= 15 is 0 Å². The van der Waals surface area contributed by atoms with Gasteiger partial charge in [0.2, 0.25) is 6.29 Å². The van der Waals surface area contributed by atoms with E-state index in [9.17, 15) is 4.79 Å². The zero-order valence-corrected chi connectivity index (χ0v) is 17.4. The molecule has 0 unspecified atom stereocenters. The van der Waals surface area contributed by atoms with Gasteiger partial charge in [-0.3, -0.25) is 4.79 Å².